The van der Waals surface area contributed by atoms with E-state index in [4.69, 9.17) is 15.3 Å². The highest BCUT2D eigenvalue weighted by atomic mass is 16.7. The van der Waals surface area contributed by atoms with Gasteiger partial charge >= 0.3 is 6.09 Å². The molecule has 3 atom stereocenters. The van der Waals surface area contributed by atoms with Crippen molar-refractivity contribution >= 4 is 29.7 Å². The molecule has 2 aromatic rings. The summed E-state index contributed by atoms with van der Waals surface area (Å²) in [4.78, 5) is 69.1. The zero-order valence-corrected chi connectivity index (χ0v) is 25.8. The quantitative estimate of drug-likeness (QED) is 0.209. The number of hydrogen-bond donors (Lipinski definition) is 4. The van der Waals surface area contributed by atoms with Crippen molar-refractivity contribution in [3.63, 3.8) is 0 Å². The lowest BCUT2D eigenvalue weighted by molar-refractivity contribution is -0.162. The van der Waals surface area contributed by atoms with Gasteiger partial charge in [-0.3, -0.25) is 24.0 Å². The van der Waals surface area contributed by atoms with Crippen LogP contribution in [0.5, 0.6) is 0 Å². The fraction of sp³-hybridized carbons (Fsp3) is 0.424. The number of carbonyl (C=O) groups is 5. The highest BCUT2D eigenvalue weighted by Gasteiger charge is 2.29. The number of nitrogens with two attached hydrogens (primary N) is 1. The van der Waals surface area contributed by atoms with Gasteiger partial charge in [0.05, 0.1) is 13.2 Å². The first-order valence-electron chi connectivity index (χ1n) is 15.1. The van der Waals surface area contributed by atoms with Crippen LogP contribution in [0.2, 0.25) is 0 Å². The number of nitrogens with one attached hydrogen (secondary N) is 3. The van der Waals surface area contributed by atoms with E-state index < -0.39 is 41.9 Å². The molecule has 0 spiro atoms. The van der Waals surface area contributed by atoms with E-state index in [1.807, 2.05) is 74.5 Å². The van der Waals surface area contributed by atoms with Crippen molar-refractivity contribution in [2.75, 3.05) is 13.2 Å². The molecule has 0 aromatic heterocycles. The number of carbonyl (C=O) groups excluding carboxylic acids is 5. The predicted molar refractivity (Wildman–Crippen MR) is 167 cm³/mol. The maximum absolute atomic E-state index is 13.7. The summed E-state index contributed by atoms with van der Waals surface area (Å²) >= 11 is 0. The minimum atomic E-state index is -1.04. The summed E-state index contributed by atoms with van der Waals surface area (Å²) in [7, 11) is 0. The van der Waals surface area contributed by atoms with E-state index in [9.17, 15) is 24.0 Å². The molecule has 12 nitrogen and oxygen atoms in total. The first-order chi connectivity index (χ1) is 21.6. The number of primary amides is 1. The van der Waals surface area contributed by atoms with Crippen LogP contribution in [0.3, 0.4) is 0 Å². The number of benzene rings is 2. The van der Waals surface area contributed by atoms with Crippen molar-refractivity contribution in [1.82, 2.24) is 21.0 Å². The van der Waals surface area contributed by atoms with Crippen LogP contribution >= 0.6 is 0 Å². The van der Waals surface area contributed by atoms with Gasteiger partial charge in [0.2, 0.25) is 17.7 Å². The molecule has 1 saturated heterocycles. The molecule has 1 aliphatic rings. The number of nitrogens with zero attached hydrogens (tertiary/aromatic N) is 1. The van der Waals surface area contributed by atoms with Gasteiger partial charge in [0.1, 0.15) is 18.7 Å². The first kappa shape index (κ1) is 34.8. The van der Waals surface area contributed by atoms with Gasteiger partial charge in [0, 0.05) is 25.0 Å². The van der Waals surface area contributed by atoms with Crippen LogP contribution in [0.15, 0.2) is 72.8 Å². The van der Waals surface area contributed by atoms with Crippen molar-refractivity contribution in [2.24, 2.45) is 11.7 Å². The number of hydroxylamine groups is 2. The topological polar surface area (TPSA) is 169 Å². The Morgan fingerprint density at radius 3 is 2.16 bits per heavy atom. The minimum absolute atomic E-state index is 0.0360. The minimum Gasteiger partial charge on any atom is -0.445 e. The average Bonchev–Trinajstić information content (AvgIpc) is 3.56. The first-order valence-corrected chi connectivity index (χ1v) is 15.1. The highest BCUT2D eigenvalue weighted by molar-refractivity contribution is 5.92. The lowest BCUT2D eigenvalue weighted by Crippen LogP contribution is -2.55. The average molecular weight is 622 g/mol. The second-order valence-corrected chi connectivity index (χ2v) is 11.2. The van der Waals surface area contributed by atoms with Gasteiger partial charge in [0.25, 0.3) is 5.91 Å². The van der Waals surface area contributed by atoms with Crippen LogP contribution in [-0.2, 0) is 41.8 Å². The summed E-state index contributed by atoms with van der Waals surface area (Å²) < 4.78 is 5.33. The van der Waals surface area contributed by atoms with E-state index in [1.165, 1.54) is 17.2 Å². The molecule has 242 valence electrons. The molecule has 5 amide bonds. The third-order valence-corrected chi connectivity index (χ3v) is 6.94. The molecule has 1 heterocycles. The van der Waals surface area contributed by atoms with Gasteiger partial charge in [-0.2, -0.15) is 0 Å². The number of ether oxygens (including phenoxy) is 1. The zero-order chi connectivity index (χ0) is 32.6. The molecule has 0 radical (unpaired) electrons. The Morgan fingerprint density at radius 2 is 1.56 bits per heavy atom. The van der Waals surface area contributed by atoms with Crippen LogP contribution in [0.4, 0.5) is 4.79 Å². The van der Waals surface area contributed by atoms with Crippen LogP contribution in [-0.4, -0.2) is 66.1 Å². The van der Waals surface area contributed by atoms with Crippen LogP contribution in [0, 0.1) is 5.92 Å². The summed E-state index contributed by atoms with van der Waals surface area (Å²) in [5.41, 5.74) is 6.94. The Hall–Kier alpha value is -4.71. The van der Waals surface area contributed by atoms with E-state index in [1.54, 1.807) is 0 Å². The van der Waals surface area contributed by atoms with Crippen LogP contribution in [0.25, 0.3) is 0 Å². The van der Waals surface area contributed by atoms with Gasteiger partial charge in [0.15, 0.2) is 0 Å². The molecule has 0 aliphatic carbocycles. The van der Waals surface area contributed by atoms with Crippen molar-refractivity contribution in [3.8, 4) is 0 Å². The maximum atomic E-state index is 13.7. The Kier molecular flexibility index (Phi) is 14.0. The van der Waals surface area contributed by atoms with E-state index in [2.05, 4.69) is 16.0 Å². The summed E-state index contributed by atoms with van der Waals surface area (Å²) in [6, 6.07) is 15.6. The van der Waals surface area contributed by atoms with E-state index >= 15 is 0 Å². The van der Waals surface area contributed by atoms with Crippen LogP contribution < -0.4 is 21.7 Å². The molecule has 45 heavy (non-hydrogen) atoms. The Labute approximate surface area is 263 Å². The fourth-order valence-corrected chi connectivity index (χ4v) is 4.64. The van der Waals surface area contributed by atoms with Crippen LogP contribution in [0.1, 0.15) is 50.7 Å². The molecule has 5 N–H and O–H groups in total. The lowest BCUT2D eigenvalue weighted by Gasteiger charge is -2.25. The second kappa shape index (κ2) is 18.2. The number of amides is 5. The standard InChI is InChI=1S/C33H43N5O7/c1-23(2)20-27(37-33(43)44-22-25-12-7-4-8-13-25)32(42)36-28(21-24-10-5-3-6-11-24)31(41)35-26(14-16-29(34)39)15-17-30(40)38-18-9-19-45-38/h3-8,10-13,15,17,23,26-28H,9,14,16,18-22H2,1-2H3,(H2,34,39)(H,35,41)(H,36,42)(H,37,43)/b17-15+/t26-,27-,28-/m0/s1. The van der Waals surface area contributed by atoms with Gasteiger partial charge in [-0.15, -0.1) is 0 Å². The van der Waals surface area contributed by atoms with E-state index in [0.29, 0.717) is 19.6 Å². The molecule has 2 aromatic carbocycles. The molecule has 3 rings (SSSR count). The summed E-state index contributed by atoms with van der Waals surface area (Å²) in [5, 5.41) is 9.50. The monoisotopic (exact) mass is 621 g/mol. The number of rotatable bonds is 16. The van der Waals surface area contributed by atoms with E-state index in [-0.39, 0.29) is 37.7 Å². The van der Waals surface area contributed by atoms with Gasteiger partial charge in [-0.1, -0.05) is 80.6 Å². The van der Waals surface area contributed by atoms with Gasteiger partial charge in [-0.25, -0.2) is 9.86 Å². The van der Waals surface area contributed by atoms with Crippen molar-refractivity contribution in [1.29, 1.82) is 0 Å². The van der Waals surface area contributed by atoms with Crippen molar-refractivity contribution in [2.45, 2.75) is 70.7 Å². The Morgan fingerprint density at radius 1 is 0.911 bits per heavy atom. The molecule has 1 fully saturated rings. The third-order valence-electron chi connectivity index (χ3n) is 6.94. The highest BCUT2D eigenvalue weighted by Crippen LogP contribution is 2.11. The normalized spacial score (nSPS) is 14.9. The largest absolute Gasteiger partial charge is 0.445 e. The maximum Gasteiger partial charge on any atom is 0.408 e. The summed E-state index contributed by atoms with van der Waals surface area (Å²) in [6.45, 7) is 4.76. The van der Waals surface area contributed by atoms with Crippen molar-refractivity contribution < 1.29 is 33.5 Å². The predicted octanol–water partition coefficient (Wildman–Crippen LogP) is 2.53. The Balaban J connectivity index is 1.74. The van der Waals surface area contributed by atoms with Crippen molar-refractivity contribution in [3.05, 3.63) is 83.9 Å². The summed E-state index contributed by atoms with van der Waals surface area (Å²) in [5.74, 6) is -2.00. The number of alkyl carbamates (subject to hydrolysis) is 1. The molecule has 0 unspecified atom stereocenters. The smallest absolute Gasteiger partial charge is 0.408 e. The third kappa shape index (κ3) is 12.8. The SMILES string of the molecule is CC(C)C[C@H](NC(=O)OCc1ccccc1)C(=O)N[C@@H](Cc1ccccc1)C(=O)N[C@H](/C=C/C(=O)N1CCCO1)CCC(N)=O. The second-order valence-electron chi connectivity index (χ2n) is 11.2. The van der Waals surface area contributed by atoms with E-state index in [0.717, 1.165) is 17.5 Å². The molecular weight excluding hydrogens is 578 g/mol. The molecule has 12 heteroatoms. The van der Waals surface area contributed by atoms with Gasteiger partial charge < -0.3 is 26.4 Å². The molecular formula is C33H43N5O7. The fourth-order valence-electron chi connectivity index (χ4n) is 4.64. The number of hydrogen-bond acceptors (Lipinski definition) is 7. The zero-order valence-electron chi connectivity index (χ0n) is 25.8. The molecule has 0 saturated carbocycles. The molecule has 1 aliphatic heterocycles. The summed E-state index contributed by atoms with van der Waals surface area (Å²) in [6.07, 6.45) is 3.29. The van der Waals surface area contributed by atoms with Gasteiger partial charge in [-0.05, 0) is 36.3 Å². The Bertz CT molecular complexity index is 1300. The lowest BCUT2D eigenvalue weighted by atomic mass is 10.0. The molecule has 0 bridgehead atoms.